The molecule has 7 heteroatoms. The molecule has 2 aromatic heterocycles. The molecule has 0 fully saturated rings. The molecular formula is C30H26N2O5. The Kier molecular flexibility index (Phi) is 7.12. The van der Waals surface area contributed by atoms with Crippen molar-refractivity contribution in [2.75, 3.05) is 0 Å². The van der Waals surface area contributed by atoms with Gasteiger partial charge in [-0.1, -0.05) is 60.7 Å². The van der Waals surface area contributed by atoms with Gasteiger partial charge in [0.15, 0.2) is 11.7 Å². The smallest absolute Gasteiger partial charge is 0.303 e. The summed E-state index contributed by atoms with van der Waals surface area (Å²) < 4.78 is 17.8. The number of nitrogens with zero attached hydrogens (tertiary/aromatic N) is 2. The fourth-order valence-corrected chi connectivity index (χ4v) is 3.98. The second-order valence-corrected chi connectivity index (χ2v) is 8.64. The molecule has 0 spiro atoms. The Bertz CT molecular complexity index is 1470. The molecule has 2 heterocycles. The number of aromatic nitrogens is 2. The number of rotatable bonds is 10. The zero-order valence-corrected chi connectivity index (χ0v) is 20.4. The van der Waals surface area contributed by atoms with Gasteiger partial charge in [-0.15, -0.1) is 0 Å². The highest BCUT2D eigenvalue weighted by Crippen LogP contribution is 2.28. The zero-order valence-electron chi connectivity index (χ0n) is 20.4. The Balaban J connectivity index is 1.25. The lowest BCUT2D eigenvalue weighted by Gasteiger charge is -2.05. The number of hydrogen-bond acceptors (Lipinski definition) is 6. The fourth-order valence-electron chi connectivity index (χ4n) is 3.98. The molecule has 0 aliphatic rings. The van der Waals surface area contributed by atoms with Crippen LogP contribution in [0.2, 0.25) is 0 Å². The molecule has 0 bridgehead atoms. The fraction of sp³-hybridized carbons (Fsp3) is 0.167. The molecule has 5 rings (SSSR count). The number of carboxylic acids is 1. The van der Waals surface area contributed by atoms with Crippen molar-refractivity contribution in [2.24, 2.45) is 0 Å². The molecule has 37 heavy (non-hydrogen) atoms. The second kappa shape index (κ2) is 11.0. The minimum atomic E-state index is -0.865. The van der Waals surface area contributed by atoms with E-state index >= 15 is 0 Å². The molecule has 186 valence electrons. The summed E-state index contributed by atoms with van der Waals surface area (Å²) >= 11 is 0. The number of hydrogen-bond donors (Lipinski definition) is 1. The third-order valence-corrected chi connectivity index (χ3v) is 5.92. The number of benzene rings is 3. The van der Waals surface area contributed by atoms with Crippen molar-refractivity contribution in [3.05, 3.63) is 114 Å². The summed E-state index contributed by atoms with van der Waals surface area (Å²) in [6, 6.07) is 27.1. The summed E-state index contributed by atoms with van der Waals surface area (Å²) in [6.07, 6.45) is 0.787. The van der Waals surface area contributed by atoms with Crippen LogP contribution in [0.25, 0.3) is 22.8 Å². The first-order valence-corrected chi connectivity index (χ1v) is 12.0. The van der Waals surface area contributed by atoms with E-state index in [9.17, 15) is 4.79 Å². The maximum Gasteiger partial charge on any atom is 0.303 e. The Hall–Kier alpha value is -4.65. The standard InChI is InChI=1S/C30H26N2O5/c1-20-26(32-30(36-20)23-10-6-3-7-11-23)19-35-24-14-12-21(13-15-24)18-27-31-25(16-17-28(33)34)29(37-27)22-8-4-2-5-9-22/h2-15H,16-19H2,1H3,(H,33,34). The van der Waals surface area contributed by atoms with Gasteiger partial charge in [0, 0.05) is 24.0 Å². The number of ether oxygens (including phenoxy) is 1. The molecule has 0 unspecified atom stereocenters. The largest absolute Gasteiger partial charge is 0.487 e. The second-order valence-electron chi connectivity index (χ2n) is 8.64. The Morgan fingerprint density at radius 1 is 0.838 bits per heavy atom. The van der Waals surface area contributed by atoms with E-state index in [-0.39, 0.29) is 6.42 Å². The van der Waals surface area contributed by atoms with Crippen molar-refractivity contribution in [1.82, 2.24) is 9.97 Å². The number of aryl methyl sites for hydroxylation is 2. The van der Waals surface area contributed by atoms with Gasteiger partial charge in [-0.05, 0) is 36.8 Å². The van der Waals surface area contributed by atoms with E-state index in [1.807, 2.05) is 91.9 Å². The Morgan fingerprint density at radius 3 is 2.19 bits per heavy atom. The van der Waals surface area contributed by atoms with Crippen LogP contribution >= 0.6 is 0 Å². The minimum absolute atomic E-state index is 0.00429. The first-order chi connectivity index (χ1) is 18.0. The lowest BCUT2D eigenvalue weighted by atomic mass is 10.1. The van der Waals surface area contributed by atoms with Crippen LogP contribution in [0.15, 0.2) is 93.8 Å². The van der Waals surface area contributed by atoms with Gasteiger partial charge >= 0.3 is 5.97 Å². The van der Waals surface area contributed by atoms with Crippen LogP contribution in [-0.2, 0) is 24.2 Å². The predicted molar refractivity (Wildman–Crippen MR) is 138 cm³/mol. The van der Waals surface area contributed by atoms with E-state index < -0.39 is 5.97 Å². The van der Waals surface area contributed by atoms with Crippen LogP contribution < -0.4 is 4.74 Å². The normalized spacial score (nSPS) is 10.9. The van der Waals surface area contributed by atoms with E-state index in [2.05, 4.69) is 9.97 Å². The van der Waals surface area contributed by atoms with Gasteiger partial charge in [-0.3, -0.25) is 4.79 Å². The average molecular weight is 495 g/mol. The average Bonchev–Trinajstić information content (AvgIpc) is 3.51. The van der Waals surface area contributed by atoms with Crippen molar-refractivity contribution >= 4 is 5.97 Å². The molecular weight excluding hydrogens is 468 g/mol. The van der Waals surface area contributed by atoms with Crippen molar-refractivity contribution in [3.63, 3.8) is 0 Å². The van der Waals surface area contributed by atoms with Crippen molar-refractivity contribution in [3.8, 4) is 28.5 Å². The SMILES string of the molecule is Cc1oc(-c2ccccc2)nc1COc1ccc(Cc2nc(CCC(=O)O)c(-c3ccccc3)o2)cc1. The third-order valence-electron chi connectivity index (χ3n) is 5.92. The van der Waals surface area contributed by atoms with Gasteiger partial charge in [0.2, 0.25) is 5.89 Å². The first kappa shape index (κ1) is 24.1. The van der Waals surface area contributed by atoms with Crippen molar-refractivity contribution < 1.29 is 23.5 Å². The van der Waals surface area contributed by atoms with Crippen molar-refractivity contribution in [1.29, 1.82) is 0 Å². The lowest BCUT2D eigenvalue weighted by molar-refractivity contribution is -0.136. The van der Waals surface area contributed by atoms with Gasteiger partial charge in [-0.2, -0.15) is 0 Å². The van der Waals surface area contributed by atoms with Gasteiger partial charge < -0.3 is 18.7 Å². The molecule has 0 aliphatic carbocycles. The van der Waals surface area contributed by atoms with Crippen LogP contribution in [0.4, 0.5) is 0 Å². The summed E-state index contributed by atoms with van der Waals surface area (Å²) in [7, 11) is 0. The summed E-state index contributed by atoms with van der Waals surface area (Å²) in [6.45, 7) is 2.18. The molecule has 3 aromatic carbocycles. The molecule has 5 aromatic rings. The van der Waals surface area contributed by atoms with Crippen LogP contribution in [-0.4, -0.2) is 21.0 Å². The summed E-state index contributed by atoms with van der Waals surface area (Å²) in [5.74, 6) is 2.32. The summed E-state index contributed by atoms with van der Waals surface area (Å²) in [5.41, 5.74) is 4.21. The number of carboxylic acid groups (broad SMARTS) is 1. The van der Waals surface area contributed by atoms with Crippen molar-refractivity contribution in [2.45, 2.75) is 32.8 Å². The molecule has 0 saturated heterocycles. The first-order valence-electron chi connectivity index (χ1n) is 12.0. The quantitative estimate of drug-likeness (QED) is 0.237. The van der Waals surface area contributed by atoms with Crippen LogP contribution in [0.1, 0.15) is 35.0 Å². The predicted octanol–water partition coefficient (Wildman–Crippen LogP) is 6.49. The van der Waals surface area contributed by atoms with Gasteiger partial charge in [0.05, 0.1) is 12.1 Å². The van der Waals surface area contributed by atoms with E-state index in [0.29, 0.717) is 48.4 Å². The monoisotopic (exact) mass is 494 g/mol. The minimum Gasteiger partial charge on any atom is -0.487 e. The molecule has 1 N–H and O–H groups in total. The maximum absolute atomic E-state index is 11.1. The maximum atomic E-state index is 11.1. The molecule has 0 amide bonds. The van der Waals surface area contributed by atoms with Gasteiger partial charge in [0.25, 0.3) is 0 Å². The Morgan fingerprint density at radius 2 is 1.51 bits per heavy atom. The highest BCUT2D eigenvalue weighted by Gasteiger charge is 2.17. The number of oxazole rings is 2. The van der Waals surface area contributed by atoms with Crippen LogP contribution in [0.3, 0.4) is 0 Å². The van der Waals surface area contributed by atoms with E-state index in [1.165, 1.54) is 0 Å². The lowest BCUT2D eigenvalue weighted by Crippen LogP contribution is -1.99. The zero-order chi connectivity index (χ0) is 25.6. The summed E-state index contributed by atoms with van der Waals surface area (Å²) in [5, 5.41) is 9.11. The van der Waals surface area contributed by atoms with Crippen LogP contribution in [0.5, 0.6) is 5.75 Å². The van der Waals surface area contributed by atoms with E-state index in [4.69, 9.17) is 18.7 Å². The highest BCUT2D eigenvalue weighted by atomic mass is 16.5. The topological polar surface area (TPSA) is 98.6 Å². The Labute approximate surface area is 214 Å². The van der Waals surface area contributed by atoms with Gasteiger partial charge in [0.1, 0.15) is 23.8 Å². The molecule has 0 radical (unpaired) electrons. The number of carbonyl (C=O) groups is 1. The highest BCUT2D eigenvalue weighted by molar-refractivity contribution is 5.68. The van der Waals surface area contributed by atoms with Gasteiger partial charge in [-0.25, -0.2) is 9.97 Å². The molecule has 0 saturated carbocycles. The number of aliphatic carboxylic acids is 1. The van der Waals surface area contributed by atoms with Crippen LogP contribution in [0, 0.1) is 6.92 Å². The summed E-state index contributed by atoms with van der Waals surface area (Å²) in [4.78, 5) is 20.3. The van der Waals surface area contributed by atoms with E-state index in [0.717, 1.165) is 28.1 Å². The molecule has 7 nitrogen and oxygen atoms in total. The third kappa shape index (κ3) is 5.95. The molecule has 0 atom stereocenters. The molecule has 0 aliphatic heterocycles. The van der Waals surface area contributed by atoms with E-state index in [1.54, 1.807) is 0 Å².